The van der Waals surface area contributed by atoms with Crippen LogP contribution in [0.2, 0.25) is 0 Å². The van der Waals surface area contributed by atoms with Crippen molar-refractivity contribution < 1.29 is 29.3 Å². The molecule has 1 fully saturated rings. The maximum atomic E-state index is 13.9. The van der Waals surface area contributed by atoms with Gasteiger partial charge in [0.05, 0.1) is 24.1 Å². The molecule has 10 heteroatoms. The van der Waals surface area contributed by atoms with Gasteiger partial charge >= 0.3 is 0 Å². The highest BCUT2D eigenvalue weighted by Gasteiger charge is 2.50. The summed E-state index contributed by atoms with van der Waals surface area (Å²) in [5.74, 6) is -0.823. The van der Waals surface area contributed by atoms with Gasteiger partial charge in [0.1, 0.15) is 11.8 Å². The second kappa shape index (κ2) is 13.4. The minimum absolute atomic E-state index is 0.188. The third-order valence-electron chi connectivity index (χ3n) is 8.22. The first-order valence-electron chi connectivity index (χ1n) is 14.7. The van der Waals surface area contributed by atoms with Crippen molar-refractivity contribution in [3.63, 3.8) is 0 Å². The zero-order valence-corrected chi connectivity index (χ0v) is 25.9. The number of ether oxygens (including phenoxy) is 1. The third kappa shape index (κ3) is 7.09. The molecule has 44 heavy (non-hydrogen) atoms. The Labute approximate surface area is 262 Å². The topological polar surface area (TPSA) is 128 Å². The summed E-state index contributed by atoms with van der Waals surface area (Å²) >= 11 is 1.43. The van der Waals surface area contributed by atoms with Crippen LogP contribution in [0.4, 0.5) is 0 Å². The molecule has 0 unspecified atom stereocenters. The Morgan fingerprint density at radius 1 is 1.05 bits per heavy atom. The van der Waals surface area contributed by atoms with Gasteiger partial charge in [-0.2, -0.15) is 0 Å². The van der Waals surface area contributed by atoms with E-state index in [0.717, 1.165) is 22.3 Å². The van der Waals surface area contributed by atoms with Gasteiger partial charge in [-0.3, -0.25) is 14.4 Å². The van der Waals surface area contributed by atoms with Crippen molar-refractivity contribution in [2.75, 3.05) is 12.5 Å². The van der Waals surface area contributed by atoms with Crippen molar-refractivity contribution in [3.8, 4) is 5.75 Å². The number of rotatable bonds is 10. The van der Waals surface area contributed by atoms with Gasteiger partial charge in [-0.1, -0.05) is 66.7 Å². The Hall–Kier alpha value is -3.86. The lowest BCUT2D eigenvalue weighted by Gasteiger charge is -2.34. The molecule has 3 amide bonds. The number of hydrogen-bond donors (Lipinski definition) is 4. The smallest absolute Gasteiger partial charge is 0.258 e. The molecule has 9 nitrogen and oxygen atoms in total. The van der Waals surface area contributed by atoms with E-state index in [-0.39, 0.29) is 18.9 Å². The lowest BCUT2D eigenvalue weighted by Crippen LogP contribution is -2.59. The quantitative estimate of drug-likeness (QED) is 0.276. The highest BCUT2D eigenvalue weighted by Crippen LogP contribution is 2.41. The summed E-state index contributed by atoms with van der Waals surface area (Å²) in [4.78, 5) is 42.1. The highest BCUT2D eigenvalue weighted by atomic mass is 32.2. The first-order chi connectivity index (χ1) is 21.0. The molecule has 2 aliphatic rings. The van der Waals surface area contributed by atoms with Gasteiger partial charge in [-0.15, -0.1) is 11.8 Å². The van der Waals surface area contributed by atoms with E-state index < -0.39 is 52.8 Å². The molecule has 3 aromatic rings. The second-order valence-corrected chi connectivity index (χ2v) is 13.6. The van der Waals surface area contributed by atoms with Crippen molar-refractivity contribution in [3.05, 3.63) is 101 Å². The van der Waals surface area contributed by atoms with Crippen molar-refractivity contribution in [2.24, 2.45) is 0 Å². The van der Waals surface area contributed by atoms with E-state index in [1.807, 2.05) is 93.6 Å². The van der Waals surface area contributed by atoms with Crippen LogP contribution < -0.4 is 15.4 Å². The SMILES string of the molecule is Cc1cccc(OCC(=O)N[C@@H](Cc2ccccc2)[C@H](O)C(=O)N2CSC(C)(C)[C@H]2C(=O)N[C@H]2c3ccccc3C[C@H]2O)c1. The predicted molar refractivity (Wildman–Crippen MR) is 169 cm³/mol. The number of fused-ring (bicyclic) bond motifs is 1. The number of carbonyl (C=O) groups is 3. The van der Waals surface area contributed by atoms with E-state index in [0.29, 0.717) is 12.2 Å². The second-order valence-electron chi connectivity index (χ2n) is 12.0. The Morgan fingerprint density at radius 2 is 1.77 bits per heavy atom. The van der Waals surface area contributed by atoms with Crippen LogP contribution in [0.15, 0.2) is 78.9 Å². The molecule has 0 aromatic heterocycles. The molecule has 0 saturated carbocycles. The van der Waals surface area contributed by atoms with E-state index in [9.17, 15) is 24.6 Å². The Kier molecular flexibility index (Phi) is 9.62. The van der Waals surface area contributed by atoms with Crippen LogP contribution >= 0.6 is 11.8 Å². The molecule has 0 bridgehead atoms. The molecule has 5 rings (SSSR count). The molecule has 4 N–H and O–H groups in total. The van der Waals surface area contributed by atoms with Crippen LogP contribution in [-0.2, 0) is 27.2 Å². The third-order valence-corrected chi connectivity index (χ3v) is 9.59. The van der Waals surface area contributed by atoms with E-state index in [2.05, 4.69) is 10.6 Å². The molecule has 1 saturated heterocycles. The number of aryl methyl sites for hydroxylation is 1. The first kappa shape index (κ1) is 31.6. The fraction of sp³-hybridized carbons (Fsp3) is 0.382. The molecule has 1 heterocycles. The van der Waals surface area contributed by atoms with Gasteiger partial charge in [0.15, 0.2) is 12.7 Å². The van der Waals surface area contributed by atoms with Gasteiger partial charge in [0.25, 0.3) is 11.8 Å². The first-order valence-corrected chi connectivity index (χ1v) is 15.7. The van der Waals surface area contributed by atoms with Crippen molar-refractivity contribution >= 4 is 29.5 Å². The maximum Gasteiger partial charge on any atom is 0.258 e. The standard InChI is InChI=1S/C34H39N3O6S/c1-21-10-9-14-24(16-21)43-19-28(39)35-26(17-22-11-5-4-6-12-22)30(40)33(42)37-20-44-34(2,3)31(37)32(41)36-29-25-15-8-7-13-23(25)18-27(29)38/h4-16,26-27,29-31,38,40H,17-20H2,1-3H3,(H,35,39)(H,36,41)/t26-,27+,29-,30-,31+/m0/s1. The number of aliphatic hydroxyl groups excluding tert-OH is 2. The highest BCUT2D eigenvalue weighted by molar-refractivity contribution is 8.00. The van der Waals surface area contributed by atoms with Gasteiger partial charge in [0.2, 0.25) is 5.91 Å². The lowest BCUT2D eigenvalue weighted by molar-refractivity contribution is -0.148. The van der Waals surface area contributed by atoms with Crippen LogP contribution in [0.25, 0.3) is 0 Å². The van der Waals surface area contributed by atoms with E-state index >= 15 is 0 Å². The zero-order valence-electron chi connectivity index (χ0n) is 25.1. The monoisotopic (exact) mass is 617 g/mol. The summed E-state index contributed by atoms with van der Waals surface area (Å²) in [6.45, 7) is 5.39. The van der Waals surface area contributed by atoms with E-state index in [4.69, 9.17) is 4.74 Å². The number of amides is 3. The van der Waals surface area contributed by atoms with Crippen LogP contribution in [-0.4, -0.2) is 74.4 Å². The summed E-state index contributed by atoms with van der Waals surface area (Å²) in [6, 6.07) is 21.7. The number of hydrogen-bond acceptors (Lipinski definition) is 7. The molecule has 0 radical (unpaired) electrons. The number of nitrogens with one attached hydrogen (secondary N) is 2. The van der Waals surface area contributed by atoms with Gasteiger partial charge in [-0.25, -0.2) is 0 Å². The van der Waals surface area contributed by atoms with Crippen LogP contribution in [0.1, 0.15) is 42.1 Å². The molecule has 3 aromatic carbocycles. The molecular weight excluding hydrogens is 578 g/mol. The van der Waals surface area contributed by atoms with Gasteiger partial charge in [0, 0.05) is 11.2 Å². The predicted octanol–water partition coefficient (Wildman–Crippen LogP) is 2.92. The lowest BCUT2D eigenvalue weighted by atomic mass is 9.96. The van der Waals surface area contributed by atoms with Gasteiger partial charge < -0.3 is 30.5 Å². The Morgan fingerprint density at radius 3 is 2.52 bits per heavy atom. The fourth-order valence-electron chi connectivity index (χ4n) is 5.95. The van der Waals surface area contributed by atoms with E-state index in [1.165, 1.54) is 16.7 Å². The number of thioether (sulfide) groups is 1. The molecule has 232 valence electrons. The number of aliphatic hydroxyl groups is 2. The summed E-state index contributed by atoms with van der Waals surface area (Å²) in [5.41, 5.74) is 3.64. The minimum Gasteiger partial charge on any atom is -0.484 e. The summed E-state index contributed by atoms with van der Waals surface area (Å²) in [7, 11) is 0. The van der Waals surface area contributed by atoms with Crippen LogP contribution in [0.3, 0.4) is 0 Å². The number of benzene rings is 3. The minimum atomic E-state index is -1.62. The normalized spacial score (nSPS) is 21.7. The zero-order chi connectivity index (χ0) is 31.4. The summed E-state index contributed by atoms with van der Waals surface area (Å²) < 4.78 is 4.98. The number of carbonyl (C=O) groups excluding carboxylic acids is 3. The average molecular weight is 618 g/mol. The van der Waals surface area contributed by atoms with Gasteiger partial charge in [-0.05, 0) is 61.6 Å². The van der Waals surface area contributed by atoms with Crippen LogP contribution in [0, 0.1) is 6.92 Å². The van der Waals surface area contributed by atoms with Crippen molar-refractivity contribution in [1.82, 2.24) is 15.5 Å². The molecule has 0 spiro atoms. The summed E-state index contributed by atoms with van der Waals surface area (Å²) in [5, 5.41) is 28.0. The molecule has 5 atom stereocenters. The number of nitrogens with zero attached hydrogens (tertiary/aromatic N) is 1. The molecule has 1 aliphatic heterocycles. The summed E-state index contributed by atoms with van der Waals surface area (Å²) in [6.07, 6.45) is -1.79. The fourth-order valence-corrected chi connectivity index (χ4v) is 7.09. The molecular formula is C34H39N3O6S. The van der Waals surface area contributed by atoms with E-state index in [1.54, 1.807) is 6.07 Å². The van der Waals surface area contributed by atoms with Crippen LogP contribution in [0.5, 0.6) is 5.75 Å². The molecule has 1 aliphatic carbocycles. The average Bonchev–Trinajstić information content (AvgIpc) is 3.50. The maximum absolute atomic E-state index is 13.9. The Balaban J connectivity index is 1.32. The Bertz CT molecular complexity index is 1500. The van der Waals surface area contributed by atoms with Crippen molar-refractivity contribution in [1.29, 1.82) is 0 Å². The van der Waals surface area contributed by atoms with Crippen molar-refractivity contribution in [2.45, 2.75) is 68.7 Å². The largest absolute Gasteiger partial charge is 0.484 e.